The molecule has 12 heavy (non-hydrogen) atoms. The van der Waals surface area contributed by atoms with Gasteiger partial charge in [-0.2, -0.15) is 0 Å². The van der Waals surface area contributed by atoms with Gasteiger partial charge >= 0.3 is 0 Å². The Bertz CT molecular complexity index is 269. The molecule has 0 aliphatic rings. The predicted molar refractivity (Wildman–Crippen MR) is 58.1 cm³/mol. The van der Waals surface area contributed by atoms with Crippen LogP contribution in [0.3, 0.4) is 0 Å². The van der Waals surface area contributed by atoms with Crippen LogP contribution in [0.2, 0.25) is 0 Å². The van der Waals surface area contributed by atoms with Crippen molar-refractivity contribution in [3.8, 4) is 0 Å². The first-order valence-electron chi connectivity index (χ1n) is 3.98. The van der Waals surface area contributed by atoms with Crippen LogP contribution in [0.25, 0.3) is 0 Å². The monoisotopic (exact) mass is 227 g/mol. The Labute approximate surface area is 82.5 Å². The Morgan fingerprint density at radius 1 is 1.33 bits per heavy atom. The first-order chi connectivity index (χ1) is 5.65. The first kappa shape index (κ1) is 9.59. The van der Waals surface area contributed by atoms with E-state index >= 15 is 0 Å². The minimum Gasteiger partial charge on any atom is -0.377 e. The summed E-state index contributed by atoms with van der Waals surface area (Å²) in [5, 5.41) is 0.919. The van der Waals surface area contributed by atoms with Gasteiger partial charge in [0.1, 0.15) is 0 Å². The van der Waals surface area contributed by atoms with E-state index in [0.717, 1.165) is 5.33 Å². The zero-order chi connectivity index (χ0) is 9.14. The maximum absolute atomic E-state index is 3.48. The number of aryl methyl sites for hydroxylation is 1. The van der Waals surface area contributed by atoms with Gasteiger partial charge in [0.05, 0.1) is 0 Å². The molecule has 1 aromatic carbocycles. The Hall–Kier alpha value is -0.500. The van der Waals surface area contributed by atoms with Crippen LogP contribution < -0.4 is 4.90 Å². The van der Waals surface area contributed by atoms with Crippen molar-refractivity contribution in [2.45, 2.75) is 12.3 Å². The van der Waals surface area contributed by atoms with E-state index in [1.54, 1.807) is 0 Å². The highest BCUT2D eigenvalue weighted by molar-refractivity contribution is 9.08. The van der Waals surface area contributed by atoms with Gasteiger partial charge in [-0.05, 0) is 18.6 Å². The molecule has 0 heterocycles. The molecule has 0 amide bonds. The molecule has 0 fully saturated rings. The van der Waals surface area contributed by atoms with E-state index in [0.29, 0.717) is 0 Å². The molecule has 0 saturated carbocycles. The third kappa shape index (κ3) is 2.01. The van der Waals surface area contributed by atoms with Crippen molar-refractivity contribution in [3.63, 3.8) is 0 Å². The zero-order valence-corrected chi connectivity index (χ0v) is 9.35. The molecule has 0 aliphatic carbocycles. The molecule has 0 spiro atoms. The van der Waals surface area contributed by atoms with Gasteiger partial charge in [-0.3, -0.25) is 0 Å². The van der Waals surface area contributed by atoms with Crippen LogP contribution in [0.15, 0.2) is 18.2 Å². The van der Waals surface area contributed by atoms with Gasteiger partial charge in [0.25, 0.3) is 0 Å². The van der Waals surface area contributed by atoms with Crippen LogP contribution >= 0.6 is 15.9 Å². The normalized spacial score (nSPS) is 10.0. The van der Waals surface area contributed by atoms with Gasteiger partial charge in [0.2, 0.25) is 0 Å². The highest BCUT2D eigenvalue weighted by Gasteiger charge is 2.02. The maximum atomic E-state index is 3.48. The molecule has 0 N–H and O–H groups in total. The van der Waals surface area contributed by atoms with Gasteiger partial charge < -0.3 is 4.90 Å². The third-order valence-corrected chi connectivity index (χ3v) is 2.46. The fraction of sp³-hybridized carbons (Fsp3) is 0.400. The highest BCUT2D eigenvalue weighted by atomic mass is 79.9. The quantitative estimate of drug-likeness (QED) is 0.703. The summed E-state index contributed by atoms with van der Waals surface area (Å²) in [7, 11) is 4.13. The average Bonchev–Trinajstić information content (AvgIpc) is 2.03. The van der Waals surface area contributed by atoms with E-state index in [9.17, 15) is 0 Å². The molecule has 1 rings (SSSR count). The van der Waals surface area contributed by atoms with E-state index in [-0.39, 0.29) is 0 Å². The largest absolute Gasteiger partial charge is 0.377 e. The van der Waals surface area contributed by atoms with Gasteiger partial charge in [-0.1, -0.05) is 33.6 Å². The summed E-state index contributed by atoms with van der Waals surface area (Å²) in [6.45, 7) is 2.12. The topological polar surface area (TPSA) is 3.24 Å². The van der Waals surface area contributed by atoms with Crippen molar-refractivity contribution in [2.75, 3.05) is 19.0 Å². The second kappa shape index (κ2) is 3.94. The molecule has 2 heteroatoms. The minimum atomic E-state index is 0.919. The number of nitrogens with zero attached hydrogens (tertiary/aromatic N) is 1. The van der Waals surface area contributed by atoms with E-state index in [4.69, 9.17) is 0 Å². The smallest absolute Gasteiger partial charge is 0.0402 e. The second-order valence-corrected chi connectivity index (χ2v) is 3.72. The fourth-order valence-electron chi connectivity index (χ4n) is 1.26. The molecular weight excluding hydrogens is 214 g/mol. The summed E-state index contributed by atoms with van der Waals surface area (Å²) in [5.41, 5.74) is 3.95. The van der Waals surface area contributed by atoms with E-state index in [2.05, 4.69) is 60.0 Å². The molecule has 0 atom stereocenters. The lowest BCUT2D eigenvalue weighted by atomic mass is 10.1. The lowest BCUT2D eigenvalue weighted by molar-refractivity contribution is 1.11. The van der Waals surface area contributed by atoms with Crippen molar-refractivity contribution in [1.82, 2.24) is 0 Å². The minimum absolute atomic E-state index is 0.919. The molecule has 0 radical (unpaired) electrons. The number of benzene rings is 1. The van der Waals surface area contributed by atoms with E-state index in [1.807, 2.05) is 0 Å². The van der Waals surface area contributed by atoms with Crippen molar-refractivity contribution < 1.29 is 0 Å². The number of halogens is 1. The van der Waals surface area contributed by atoms with E-state index < -0.39 is 0 Å². The summed E-state index contributed by atoms with van der Waals surface area (Å²) >= 11 is 3.48. The number of hydrogen-bond acceptors (Lipinski definition) is 1. The van der Waals surface area contributed by atoms with Crippen LogP contribution in [0.4, 0.5) is 5.69 Å². The molecule has 0 unspecified atom stereocenters. The molecular formula is C10H14BrN. The van der Waals surface area contributed by atoms with Crippen molar-refractivity contribution in [1.29, 1.82) is 0 Å². The zero-order valence-electron chi connectivity index (χ0n) is 7.76. The Morgan fingerprint density at radius 3 is 2.50 bits per heavy atom. The highest BCUT2D eigenvalue weighted by Crippen LogP contribution is 2.21. The van der Waals surface area contributed by atoms with Crippen LogP contribution in [0, 0.1) is 6.92 Å². The molecule has 0 saturated heterocycles. The van der Waals surface area contributed by atoms with Crippen LogP contribution in [-0.4, -0.2) is 14.1 Å². The maximum Gasteiger partial charge on any atom is 0.0402 e. The van der Waals surface area contributed by atoms with Crippen molar-refractivity contribution in [2.24, 2.45) is 0 Å². The summed E-state index contributed by atoms with van der Waals surface area (Å²) in [6.07, 6.45) is 0. The molecule has 66 valence electrons. The molecule has 0 aromatic heterocycles. The summed E-state index contributed by atoms with van der Waals surface area (Å²) in [6, 6.07) is 6.51. The van der Waals surface area contributed by atoms with Gasteiger partial charge in [-0.15, -0.1) is 0 Å². The SMILES string of the molecule is Cc1ccc(N(C)C)c(CBr)c1. The summed E-state index contributed by atoms with van der Waals surface area (Å²) in [5.74, 6) is 0. The van der Waals surface area contributed by atoms with Crippen molar-refractivity contribution in [3.05, 3.63) is 29.3 Å². The molecule has 0 bridgehead atoms. The number of rotatable bonds is 2. The van der Waals surface area contributed by atoms with Crippen LogP contribution in [0.1, 0.15) is 11.1 Å². The fourth-order valence-corrected chi connectivity index (χ4v) is 1.71. The lowest BCUT2D eigenvalue weighted by Crippen LogP contribution is -2.10. The lowest BCUT2D eigenvalue weighted by Gasteiger charge is -2.16. The van der Waals surface area contributed by atoms with E-state index in [1.165, 1.54) is 16.8 Å². The molecule has 1 nitrogen and oxygen atoms in total. The number of anilines is 1. The van der Waals surface area contributed by atoms with Crippen LogP contribution in [-0.2, 0) is 5.33 Å². The third-order valence-electron chi connectivity index (χ3n) is 1.86. The molecule has 0 aliphatic heterocycles. The first-order valence-corrected chi connectivity index (χ1v) is 5.10. The molecule has 1 aromatic rings. The van der Waals surface area contributed by atoms with Gasteiger partial charge in [0.15, 0.2) is 0 Å². The summed E-state index contributed by atoms with van der Waals surface area (Å²) < 4.78 is 0. The van der Waals surface area contributed by atoms with Crippen molar-refractivity contribution >= 4 is 21.6 Å². The standard InChI is InChI=1S/C10H14BrN/c1-8-4-5-10(12(2)3)9(6-8)7-11/h4-6H,7H2,1-3H3. The Balaban J connectivity index is 3.11. The number of hydrogen-bond donors (Lipinski definition) is 0. The van der Waals surface area contributed by atoms with Gasteiger partial charge in [0, 0.05) is 25.1 Å². The Kier molecular flexibility index (Phi) is 3.15. The van der Waals surface area contributed by atoms with Crippen LogP contribution in [0.5, 0.6) is 0 Å². The predicted octanol–water partition coefficient (Wildman–Crippen LogP) is 2.96. The second-order valence-electron chi connectivity index (χ2n) is 3.16. The Morgan fingerprint density at radius 2 is 2.00 bits per heavy atom. The summed E-state index contributed by atoms with van der Waals surface area (Å²) in [4.78, 5) is 2.13. The van der Waals surface area contributed by atoms with Gasteiger partial charge in [-0.25, -0.2) is 0 Å². The average molecular weight is 228 g/mol. The number of alkyl halides is 1.